The minimum absolute atomic E-state index is 0.112. The van der Waals surface area contributed by atoms with Crippen molar-refractivity contribution in [1.82, 2.24) is 4.72 Å². The summed E-state index contributed by atoms with van der Waals surface area (Å²) in [5.41, 5.74) is 5.29. The van der Waals surface area contributed by atoms with E-state index in [-0.39, 0.29) is 22.7 Å². The Morgan fingerprint density at radius 2 is 2.12 bits per heavy atom. The zero-order valence-corrected chi connectivity index (χ0v) is 10.4. The highest BCUT2D eigenvalue weighted by atomic mass is 32.2. The van der Waals surface area contributed by atoms with E-state index in [0.717, 1.165) is 6.07 Å². The van der Waals surface area contributed by atoms with Crippen LogP contribution in [0.2, 0.25) is 0 Å². The minimum Gasteiger partial charge on any atom is -0.396 e. The SMILES string of the molecule is Cc1cc(S(=O)(=O)NCC(C)O)cc(N)c1F. The molecule has 1 aromatic carbocycles. The van der Waals surface area contributed by atoms with Gasteiger partial charge >= 0.3 is 0 Å². The van der Waals surface area contributed by atoms with Crippen molar-refractivity contribution < 1.29 is 17.9 Å². The van der Waals surface area contributed by atoms with Crippen LogP contribution in [0, 0.1) is 12.7 Å². The summed E-state index contributed by atoms with van der Waals surface area (Å²) in [6, 6.07) is 2.24. The van der Waals surface area contributed by atoms with Crippen LogP contribution in [0.3, 0.4) is 0 Å². The fourth-order valence-corrected chi connectivity index (χ4v) is 2.47. The van der Waals surface area contributed by atoms with Crippen LogP contribution in [-0.2, 0) is 10.0 Å². The maximum atomic E-state index is 13.2. The molecule has 7 heteroatoms. The van der Waals surface area contributed by atoms with Crippen LogP contribution in [-0.4, -0.2) is 26.2 Å². The maximum Gasteiger partial charge on any atom is 0.240 e. The van der Waals surface area contributed by atoms with E-state index in [1.54, 1.807) is 0 Å². The number of benzene rings is 1. The van der Waals surface area contributed by atoms with Crippen molar-refractivity contribution in [2.45, 2.75) is 24.8 Å². The lowest BCUT2D eigenvalue weighted by Crippen LogP contribution is -2.30. The summed E-state index contributed by atoms with van der Waals surface area (Å²) in [5, 5.41) is 9.00. The topological polar surface area (TPSA) is 92.4 Å². The lowest BCUT2D eigenvalue weighted by atomic mass is 10.2. The van der Waals surface area contributed by atoms with Crippen molar-refractivity contribution in [3.63, 3.8) is 0 Å². The second-order valence-corrected chi connectivity index (χ2v) is 5.61. The minimum atomic E-state index is -3.77. The van der Waals surface area contributed by atoms with E-state index in [1.165, 1.54) is 19.9 Å². The molecule has 1 unspecified atom stereocenters. The number of anilines is 1. The number of nitrogens with one attached hydrogen (secondary N) is 1. The number of hydrogen-bond acceptors (Lipinski definition) is 4. The van der Waals surface area contributed by atoms with Gasteiger partial charge in [-0.2, -0.15) is 0 Å². The first-order valence-corrected chi connectivity index (χ1v) is 6.45. The van der Waals surface area contributed by atoms with Crippen LogP contribution >= 0.6 is 0 Å². The molecule has 1 atom stereocenters. The number of nitrogen functional groups attached to an aromatic ring is 1. The second kappa shape index (κ2) is 4.99. The van der Waals surface area contributed by atoms with Gasteiger partial charge in [0.2, 0.25) is 10.0 Å². The molecule has 96 valence electrons. The van der Waals surface area contributed by atoms with E-state index in [9.17, 15) is 12.8 Å². The smallest absolute Gasteiger partial charge is 0.240 e. The zero-order valence-electron chi connectivity index (χ0n) is 9.57. The molecule has 0 bridgehead atoms. The molecular formula is C10H15FN2O3S. The number of halogens is 1. The van der Waals surface area contributed by atoms with Crippen molar-refractivity contribution in [3.05, 3.63) is 23.5 Å². The molecule has 0 spiro atoms. The van der Waals surface area contributed by atoms with E-state index in [4.69, 9.17) is 10.8 Å². The predicted molar refractivity (Wildman–Crippen MR) is 62.4 cm³/mol. The maximum absolute atomic E-state index is 13.2. The highest BCUT2D eigenvalue weighted by molar-refractivity contribution is 7.89. The normalized spacial score (nSPS) is 13.6. The first-order chi connectivity index (χ1) is 7.74. The Balaban J connectivity index is 3.08. The molecule has 0 aliphatic heterocycles. The van der Waals surface area contributed by atoms with Gasteiger partial charge in [0.25, 0.3) is 0 Å². The first kappa shape index (κ1) is 13.9. The van der Waals surface area contributed by atoms with Gasteiger partial charge in [0, 0.05) is 6.54 Å². The van der Waals surface area contributed by atoms with Gasteiger partial charge in [-0.05, 0) is 31.5 Å². The zero-order chi connectivity index (χ0) is 13.2. The summed E-state index contributed by atoms with van der Waals surface area (Å²) in [6.45, 7) is 2.77. The lowest BCUT2D eigenvalue weighted by molar-refractivity contribution is 0.198. The molecule has 0 radical (unpaired) electrons. The van der Waals surface area contributed by atoms with Crippen molar-refractivity contribution in [2.24, 2.45) is 0 Å². The lowest BCUT2D eigenvalue weighted by Gasteiger charge is -2.10. The Morgan fingerprint density at radius 1 is 1.53 bits per heavy atom. The summed E-state index contributed by atoms with van der Waals surface area (Å²) < 4.78 is 38.9. The molecule has 0 fully saturated rings. The third-order valence-electron chi connectivity index (χ3n) is 2.14. The molecule has 0 aliphatic carbocycles. The van der Waals surface area contributed by atoms with Crippen molar-refractivity contribution in [3.8, 4) is 0 Å². The fourth-order valence-electron chi connectivity index (χ4n) is 1.23. The van der Waals surface area contributed by atoms with E-state index in [0.29, 0.717) is 0 Å². The number of aryl methyl sites for hydroxylation is 1. The van der Waals surface area contributed by atoms with E-state index >= 15 is 0 Å². The molecule has 0 aromatic heterocycles. The number of rotatable bonds is 4. The first-order valence-electron chi connectivity index (χ1n) is 4.97. The number of aliphatic hydroxyl groups is 1. The third kappa shape index (κ3) is 3.39. The Kier molecular flexibility index (Phi) is 4.07. The quantitative estimate of drug-likeness (QED) is 0.684. The number of nitrogens with two attached hydrogens (primary N) is 1. The van der Waals surface area contributed by atoms with Crippen LogP contribution in [0.1, 0.15) is 12.5 Å². The molecule has 17 heavy (non-hydrogen) atoms. The molecule has 1 rings (SSSR count). The molecular weight excluding hydrogens is 247 g/mol. The summed E-state index contributed by atoms with van der Waals surface area (Å²) in [5.74, 6) is -0.625. The molecule has 0 aliphatic rings. The van der Waals surface area contributed by atoms with Gasteiger partial charge in [-0.1, -0.05) is 0 Å². The highest BCUT2D eigenvalue weighted by Crippen LogP contribution is 2.20. The van der Waals surface area contributed by atoms with Gasteiger partial charge in [0.05, 0.1) is 16.7 Å². The molecule has 1 aromatic rings. The average molecular weight is 262 g/mol. The van der Waals surface area contributed by atoms with Gasteiger partial charge in [0.1, 0.15) is 5.82 Å². The van der Waals surface area contributed by atoms with Crippen molar-refractivity contribution in [1.29, 1.82) is 0 Å². The summed E-state index contributed by atoms with van der Waals surface area (Å²) in [4.78, 5) is -0.116. The van der Waals surface area contributed by atoms with Crippen LogP contribution in [0.25, 0.3) is 0 Å². The van der Waals surface area contributed by atoms with Crippen LogP contribution in [0.5, 0.6) is 0 Å². The third-order valence-corrected chi connectivity index (χ3v) is 3.54. The molecule has 0 saturated heterocycles. The van der Waals surface area contributed by atoms with Gasteiger partial charge in [-0.3, -0.25) is 0 Å². The Hall–Kier alpha value is -1.18. The second-order valence-electron chi connectivity index (χ2n) is 3.84. The molecule has 0 saturated carbocycles. The summed E-state index contributed by atoms with van der Waals surface area (Å²) in [7, 11) is -3.77. The van der Waals surface area contributed by atoms with E-state index in [2.05, 4.69) is 4.72 Å². The van der Waals surface area contributed by atoms with Gasteiger partial charge in [-0.15, -0.1) is 0 Å². The molecule has 5 nitrogen and oxygen atoms in total. The Bertz CT molecular complexity index is 491. The van der Waals surface area contributed by atoms with Crippen LogP contribution in [0.4, 0.5) is 10.1 Å². The Labute approximate surface area is 99.5 Å². The highest BCUT2D eigenvalue weighted by Gasteiger charge is 2.17. The average Bonchev–Trinajstić information content (AvgIpc) is 2.22. The monoisotopic (exact) mass is 262 g/mol. The number of hydrogen-bond donors (Lipinski definition) is 3. The fraction of sp³-hybridized carbons (Fsp3) is 0.400. The summed E-state index contributed by atoms with van der Waals surface area (Å²) >= 11 is 0. The van der Waals surface area contributed by atoms with Gasteiger partial charge in [-0.25, -0.2) is 17.5 Å². The number of aliphatic hydroxyl groups excluding tert-OH is 1. The molecule has 4 N–H and O–H groups in total. The van der Waals surface area contributed by atoms with Crippen molar-refractivity contribution >= 4 is 15.7 Å². The van der Waals surface area contributed by atoms with Gasteiger partial charge in [0.15, 0.2) is 0 Å². The molecule has 0 heterocycles. The van der Waals surface area contributed by atoms with Gasteiger partial charge < -0.3 is 10.8 Å². The largest absolute Gasteiger partial charge is 0.396 e. The van der Waals surface area contributed by atoms with E-state index < -0.39 is 21.9 Å². The van der Waals surface area contributed by atoms with Crippen LogP contribution in [0.15, 0.2) is 17.0 Å². The standard InChI is InChI=1S/C10H15FN2O3S/c1-6-3-8(4-9(12)10(6)11)17(15,16)13-5-7(2)14/h3-4,7,13-14H,5,12H2,1-2H3. The van der Waals surface area contributed by atoms with Crippen molar-refractivity contribution in [2.75, 3.05) is 12.3 Å². The van der Waals surface area contributed by atoms with E-state index in [1.807, 2.05) is 0 Å². The van der Waals surface area contributed by atoms with Crippen LogP contribution < -0.4 is 10.5 Å². The Morgan fingerprint density at radius 3 is 2.59 bits per heavy atom. The number of sulfonamides is 1. The summed E-state index contributed by atoms with van der Waals surface area (Å²) in [6.07, 6.45) is -0.802. The molecule has 0 amide bonds. The predicted octanol–water partition coefficient (Wildman–Crippen LogP) is 0.375.